The zero-order valence-corrected chi connectivity index (χ0v) is 10.5. The third kappa shape index (κ3) is 9.11. The molecule has 0 rings (SSSR count). The van der Waals surface area contributed by atoms with Gasteiger partial charge in [0.05, 0.1) is 30.9 Å². The Morgan fingerprint density at radius 3 is 1.93 bits per heavy atom. The van der Waals surface area contributed by atoms with E-state index in [1.165, 1.54) is 0 Å². The predicted molar refractivity (Wildman–Crippen MR) is 62.7 cm³/mol. The van der Waals surface area contributed by atoms with E-state index < -0.39 is 0 Å². The van der Waals surface area contributed by atoms with Crippen molar-refractivity contribution in [1.29, 1.82) is 0 Å². The normalized spacial score (nSPS) is 11.1. The number of hydrogen-bond acceptors (Lipinski definition) is 6. The zero-order chi connectivity index (χ0) is 10.6. The predicted octanol–water partition coefficient (Wildman–Crippen LogP) is 1.09. The van der Waals surface area contributed by atoms with E-state index in [4.69, 9.17) is 13.7 Å². The van der Waals surface area contributed by atoms with E-state index in [2.05, 4.69) is 16.6 Å². The van der Waals surface area contributed by atoms with Gasteiger partial charge in [-0.1, -0.05) is 11.7 Å². The second kappa shape index (κ2) is 11.6. The Hall–Kier alpha value is 0.540. The molecule has 0 heterocycles. The topological polar surface area (TPSA) is 30.9 Å². The summed E-state index contributed by atoms with van der Waals surface area (Å²) in [6.45, 7) is 4.82. The van der Waals surface area contributed by atoms with Gasteiger partial charge in [-0.25, -0.2) is 0 Å². The van der Waals surface area contributed by atoms with Gasteiger partial charge >= 0.3 is 0 Å². The van der Waals surface area contributed by atoms with Gasteiger partial charge in [0.15, 0.2) is 0 Å². The number of methoxy groups -OCH3 is 2. The summed E-state index contributed by atoms with van der Waals surface area (Å²) in [4.78, 5) is 2.23. The van der Waals surface area contributed by atoms with Crippen molar-refractivity contribution in [3.05, 3.63) is 0 Å². The maximum Gasteiger partial charge on any atom is 0.0751 e. The van der Waals surface area contributed by atoms with Crippen LogP contribution in [0.4, 0.5) is 0 Å². The van der Waals surface area contributed by atoms with E-state index >= 15 is 0 Å². The molecule has 0 saturated heterocycles. The highest BCUT2D eigenvalue weighted by molar-refractivity contribution is 8.66. The second-order valence-corrected chi connectivity index (χ2v) is 3.56. The minimum atomic E-state index is 0.668. The second-order valence-electron chi connectivity index (χ2n) is 2.72. The first-order valence-corrected chi connectivity index (χ1v) is 6.27. The van der Waals surface area contributed by atoms with E-state index in [1.807, 2.05) is 0 Å². The van der Waals surface area contributed by atoms with Gasteiger partial charge < -0.3 is 13.7 Å². The molecule has 0 bridgehead atoms. The fourth-order valence-electron chi connectivity index (χ4n) is 0.980. The fraction of sp³-hybridized carbons (Fsp3) is 1.00. The molecule has 0 unspecified atom stereocenters. The molecular weight excluding hydrogens is 222 g/mol. The fourth-order valence-corrected chi connectivity index (χ4v) is 1.35. The highest BCUT2D eigenvalue weighted by atomic mass is 33.1. The standard InChI is InChI=1S/C8H19NO3S2/c1-10-6-3-9(4-7-11-2)5-8-12-14-13/h13H,3-8H2,1-2H3. The smallest absolute Gasteiger partial charge is 0.0751 e. The molecule has 86 valence electrons. The molecule has 0 amide bonds. The summed E-state index contributed by atoms with van der Waals surface area (Å²) >= 11 is 4.99. The van der Waals surface area contributed by atoms with E-state index in [0.29, 0.717) is 6.61 Å². The van der Waals surface area contributed by atoms with Gasteiger partial charge in [-0.3, -0.25) is 4.90 Å². The third-order valence-electron chi connectivity index (χ3n) is 1.77. The molecule has 0 aliphatic heterocycles. The highest BCUT2D eigenvalue weighted by Gasteiger charge is 2.03. The lowest BCUT2D eigenvalue weighted by atomic mass is 10.4. The summed E-state index contributed by atoms with van der Waals surface area (Å²) in [5.41, 5.74) is 0. The molecule has 4 nitrogen and oxygen atoms in total. The Balaban J connectivity index is 3.49. The average Bonchev–Trinajstić information content (AvgIpc) is 2.21. The van der Waals surface area contributed by atoms with Crippen LogP contribution >= 0.6 is 22.7 Å². The van der Waals surface area contributed by atoms with Crippen LogP contribution in [0.25, 0.3) is 0 Å². The van der Waals surface area contributed by atoms with E-state index in [9.17, 15) is 0 Å². The number of rotatable bonds is 10. The number of ether oxygens (including phenoxy) is 2. The SMILES string of the molecule is COCCN(CCOC)CCOSS. The van der Waals surface area contributed by atoms with Gasteiger partial charge in [0, 0.05) is 33.9 Å². The van der Waals surface area contributed by atoms with E-state index in [-0.39, 0.29) is 0 Å². The van der Waals surface area contributed by atoms with Crippen LogP contribution in [0.5, 0.6) is 0 Å². The van der Waals surface area contributed by atoms with E-state index in [1.54, 1.807) is 14.2 Å². The van der Waals surface area contributed by atoms with Crippen molar-refractivity contribution in [2.75, 3.05) is 53.7 Å². The van der Waals surface area contributed by atoms with Crippen LogP contribution in [-0.4, -0.2) is 58.6 Å². The van der Waals surface area contributed by atoms with Gasteiger partial charge in [0.1, 0.15) is 0 Å². The molecule has 0 radical (unpaired) electrons. The van der Waals surface area contributed by atoms with Crippen LogP contribution < -0.4 is 0 Å². The van der Waals surface area contributed by atoms with E-state index in [0.717, 1.165) is 43.9 Å². The van der Waals surface area contributed by atoms with Gasteiger partial charge in [-0.15, -0.1) is 0 Å². The van der Waals surface area contributed by atoms with Gasteiger partial charge in [0.25, 0.3) is 0 Å². The molecule has 6 heteroatoms. The average molecular weight is 241 g/mol. The van der Waals surface area contributed by atoms with Crippen molar-refractivity contribution in [3.8, 4) is 0 Å². The molecule has 0 atom stereocenters. The Morgan fingerprint density at radius 2 is 1.50 bits per heavy atom. The maximum absolute atomic E-state index is 5.08. The number of thiol groups is 1. The summed E-state index contributed by atoms with van der Waals surface area (Å²) in [6.07, 6.45) is 0. The summed E-state index contributed by atoms with van der Waals surface area (Å²) in [5.74, 6) is 0. The molecule has 0 fully saturated rings. The van der Waals surface area contributed by atoms with Crippen LogP contribution in [-0.2, 0) is 13.7 Å². The van der Waals surface area contributed by atoms with Crippen molar-refractivity contribution in [2.24, 2.45) is 0 Å². The summed E-state index contributed by atoms with van der Waals surface area (Å²) in [6, 6.07) is 0. The minimum absolute atomic E-state index is 0.668. The molecule has 0 aromatic rings. The highest BCUT2D eigenvalue weighted by Crippen LogP contribution is 2.05. The molecule has 0 aliphatic carbocycles. The Labute approximate surface area is 95.3 Å². The first-order valence-electron chi connectivity index (χ1n) is 4.48. The van der Waals surface area contributed by atoms with Gasteiger partial charge in [0.2, 0.25) is 0 Å². The van der Waals surface area contributed by atoms with Crippen molar-refractivity contribution in [1.82, 2.24) is 4.90 Å². The molecule has 0 aromatic heterocycles. The first kappa shape index (κ1) is 14.5. The Bertz CT molecular complexity index is 111. The third-order valence-corrected chi connectivity index (χ3v) is 2.36. The molecule has 0 aliphatic rings. The summed E-state index contributed by atoms with van der Waals surface area (Å²) in [7, 11) is 3.41. The first-order chi connectivity index (χ1) is 6.85. The molecule has 0 aromatic carbocycles. The van der Waals surface area contributed by atoms with Crippen molar-refractivity contribution in [2.45, 2.75) is 0 Å². The van der Waals surface area contributed by atoms with Gasteiger partial charge in [-0.05, 0) is 0 Å². The zero-order valence-electron chi connectivity index (χ0n) is 8.77. The van der Waals surface area contributed by atoms with Crippen molar-refractivity contribution >= 4 is 22.7 Å². The number of nitrogens with zero attached hydrogens (tertiary/aromatic N) is 1. The van der Waals surface area contributed by atoms with Crippen LogP contribution in [0.1, 0.15) is 0 Å². The molecular formula is C8H19NO3S2. The molecule has 0 saturated carbocycles. The Morgan fingerprint density at radius 1 is 1.00 bits per heavy atom. The lowest BCUT2D eigenvalue weighted by molar-refractivity contribution is 0.106. The van der Waals surface area contributed by atoms with Crippen LogP contribution in [0.3, 0.4) is 0 Å². The van der Waals surface area contributed by atoms with Crippen molar-refractivity contribution < 1.29 is 13.7 Å². The molecule has 14 heavy (non-hydrogen) atoms. The monoisotopic (exact) mass is 241 g/mol. The minimum Gasteiger partial charge on any atom is -0.383 e. The van der Waals surface area contributed by atoms with Crippen molar-refractivity contribution in [3.63, 3.8) is 0 Å². The number of hydrogen-bond donors (Lipinski definition) is 1. The largest absolute Gasteiger partial charge is 0.383 e. The lowest BCUT2D eigenvalue weighted by Gasteiger charge is -2.20. The van der Waals surface area contributed by atoms with Gasteiger partial charge in [-0.2, -0.15) is 0 Å². The van der Waals surface area contributed by atoms with Crippen LogP contribution in [0.15, 0.2) is 0 Å². The Kier molecular flexibility index (Phi) is 12.1. The molecule has 0 N–H and O–H groups in total. The van der Waals surface area contributed by atoms with Crippen LogP contribution in [0.2, 0.25) is 0 Å². The molecule has 0 spiro atoms. The summed E-state index contributed by atoms with van der Waals surface area (Å²) < 4.78 is 15.1. The maximum atomic E-state index is 5.08. The lowest BCUT2D eigenvalue weighted by Crippen LogP contribution is -2.33. The van der Waals surface area contributed by atoms with Crippen LogP contribution in [0, 0.1) is 0 Å². The summed E-state index contributed by atoms with van der Waals surface area (Å²) in [5, 5.41) is 0. The quantitative estimate of drug-likeness (QED) is 0.268.